The van der Waals surface area contributed by atoms with E-state index in [1.165, 1.54) is 0 Å². The highest BCUT2D eigenvalue weighted by Crippen LogP contribution is 2.11. The van der Waals surface area contributed by atoms with Gasteiger partial charge in [0.2, 0.25) is 0 Å². The Morgan fingerprint density at radius 2 is 2.62 bits per heavy atom. The van der Waals surface area contributed by atoms with Crippen LogP contribution in [0.2, 0.25) is 0 Å². The van der Waals surface area contributed by atoms with Gasteiger partial charge in [-0.25, -0.2) is 0 Å². The van der Waals surface area contributed by atoms with Gasteiger partial charge in [-0.05, 0) is 18.9 Å². The number of ether oxygens (including phenoxy) is 1. The van der Waals surface area contributed by atoms with Crippen molar-refractivity contribution in [2.45, 2.75) is 25.4 Å². The second kappa shape index (κ2) is 4.69. The van der Waals surface area contributed by atoms with Gasteiger partial charge in [-0.15, -0.1) is 0 Å². The molecule has 0 bridgehead atoms. The second-order valence-corrected chi connectivity index (χ2v) is 2.81. The van der Waals surface area contributed by atoms with E-state index in [4.69, 9.17) is 10.3 Å². The van der Waals surface area contributed by atoms with E-state index in [-0.39, 0.29) is 18.1 Å². The number of azide groups is 1. The molecule has 1 unspecified atom stereocenters. The third-order valence-electron chi connectivity index (χ3n) is 1.89. The standard InChI is InChI=1S/C7H12N4O2/c1-2-13-7(12)6-3-5(4-9-6)10-11-8/h5-6,9H,2-4H2,1H3/t5?,6-/m0/s1. The molecule has 2 atom stereocenters. The SMILES string of the molecule is CCOC(=O)[C@@H]1CC(N=[N+]=[N-])CN1. The fourth-order valence-electron chi connectivity index (χ4n) is 1.30. The van der Waals surface area contributed by atoms with E-state index in [9.17, 15) is 4.79 Å². The largest absolute Gasteiger partial charge is 0.465 e. The minimum atomic E-state index is -0.310. The number of hydrogen-bond donors (Lipinski definition) is 1. The molecule has 0 spiro atoms. The van der Waals surface area contributed by atoms with Crippen molar-refractivity contribution in [2.24, 2.45) is 5.11 Å². The molecule has 6 nitrogen and oxygen atoms in total. The number of rotatable bonds is 3. The summed E-state index contributed by atoms with van der Waals surface area (Å²) in [4.78, 5) is 13.9. The fourth-order valence-corrected chi connectivity index (χ4v) is 1.30. The van der Waals surface area contributed by atoms with Crippen molar-refractivity contribution in [1.82, 2.24) is 5.32 Å². The molecule has 1 aliphatic rings. The first-order valence-electron chi connectivity index (χ1n) is 4.22. The van der Waals surface area contributed by atoms with Gasteiger partial charge in [0.05, 0.1) is 12.6 Å². The molecule has 0 amide bonds. The average Bonchev–Trinajstić information content (AvgIpc) is 2.54. The zero-order valence-electron chi connectivity index (χ0n) is 7.43. The van der Waals surface area contributed by atoms with Gasteiger partial charge in [0.1, 0.15) is 6.04 Å². The molecule has 0 aliphatic carbocycles. The lowest BCUT2D eigenvalue weighted by molar-refractivity contribution is -0.145. The Hall–Kier alpha value is -1.26. The van der Waals surface area contributed by atoms with Crippen LogP contribution in [0.3, 0.4) is 0 Å². The first kappa shape index (κ1) is 9.83. The monoisotopic (exact) mass is 184 g/mol. The van der Waals surface area contributed by atoms with Crippen LogP contribution in [0.4, 0.5) is 0 Å². The van der Waals surface area contributed by atoms with Gasteiger partial charge in [-0.1, -0.05) is 5.11 Å². The minimum Gasteiger partial charge on any atom is -0.465 e. The highest BCUT2D eigenvalue weighted by molar-refractivity contribution is 5.76. The Morgan fingerprint density at radius 1 is 1.85 bits per heavy atom. The summed E-state index contributed by atoms with van der Waals surface area (Å²) in [7, 11) is 0. The van der Waals surface area contributed by atoms with Gasteiger partial charge in [0, 0.05) is 11.5 Å². The molecule has 1 N–H and O–H groups in total. The van der Waals surface area contributed by atoms with Crippen molar-refractivity contribution in [3.63, 3.8) is 0 Å². The summed E-state index contributed by atoms with van der Waals surface area (Å²) in [6.07, 6.45) is 0.531. The minimum absolute atomic E-state index is 0.126. The number of esters is 1. The number of hydrogen-bond acceptors (Lipinski definition) is 4. The van der Waals surface area contributed by atoms with Crippen molar-refractivity contribution < 1.29 is 9.53 Å². The first-order chi connectivity index (χ1) is 6.27. The van der Waals surface area contributed by atoms with E-state index in [1.807, 2.05) is 0 Å². The highest BCUT2D eigenvalue weighted by Gasteiger charge is 2.29. The smallest absolute Gasteiger partial charge is 0.323 e. The molecule has 1 aliphatic heterocycles. The normalized spacial score (nSPS) is 26.5. The van der Waals surface area contributed by atoms with Crippen LogP contribution in [0.5, 0.6) is 0 Å². The Kier molecular flexibility index (Phi) is 3.54. The van der Waals surface area contributed by atoms with Gasteiger partial charge >= 0.3 is 5.97 Å². The third-order valence-corrected chi connectivity index (χ3v) is 1.89. The molecule has 1 rings (SSSR count). The molecule has 0 aromatic carbocycles. The number of carbonyl (C=O) groups excluding carboxylic acids is 1. The van der Waals surface area contributed by atoms with Crippen LogP contribution in [0.15, 0.2) is 5.11 Å². The van der Waals surface area contributed by atoms with Crippen molar-refractivity contribution in [3.05, 3.63) is 10.4 Å². The maximum atomic E-state index is 11.2. The molecule has 1 heterocycles. The topological polar surface area (TPSA) is 87.1 Å². The molecular weight excluding hydrogens is 172 g/mol. The zero-order chi connectivity index (χ0) is 9.68. The predicted octanol–water partition coefficient (Wildman–Crippen LogP) is 0.590. The van der Waals surface area contributed by atoms with Crippen LogP contribution < -0.4 is 5.32 Å². The molecule has 72 valence electrons. The van der Waals surface area contributed by atoms with E-state index in [1.54, 1.807) is 6.92 Å². The van der Waals surface area contributed by atoms with Crippen molar-refractivity contribution in [2.75, 3.05) is 13.2 Å². The number of nitrogens with one attached hydrogen (secondary N) is 1. The van der Waals surface area contributed by atoms with E-state index in [2.05, 4.69) is 15.3 Å². The molecule has 0 saturated carbocycles. The van der Waals surface area contributed by atoms with Crippen LogP contribution in [0, 0.1) is 0 Å². The van der Waals surface area contributed by atoms with Crippen molar-refractivity contribution >= 4 is 5.97 Å². The van der Waals surface area contributed by atoms with Gasteiger partial charge in [-0.3, -0.25) is 4.79 Å². The van der Waals surface area contributed by atoms with Gasteiger partial charge in [-0.2, -0.15) is 0 Å². The molecule has 0 aromatic rings. The third kappa shape index (κ3) is 2.61. The molecule has 1 fully saturated rings. The summed E-state index contributed by atoms with van der Waals surface area (Å²) in [5, 5.41) is 6.46. The summed E-state index contributed by atoms with van der Waals surface area (Å²) >= 11 is 0. The van der Waals surface area contributed by atoms with Crippen LogP contribution in [-0.2, 0) is 9.53 Å². The summed E-state index contributed by atoms with van der Waals surface area (Å²) in [5.74, 6) is -0.266. The fraction of sp³-hybridized carbons (Fsp3) is 0.857. The molecule has 6 heteroatoms. The molecule has 1 saturated heterocycles. The Labute approximate surface area is 75.9 Å². The lowest BCUT2D eigenvalue weighted by Gasteiger charge is -2.07. The van der Waals surface area contributed by atoms with E-state index in [0.29, 0.717) is 19.6 Å². The molecule has 0 aromatic heterocycles. The maximum absolute atomic E-state index is 11.2. The molecule has 13 heavy (non-hydrogen) atoms. The van der Waals surface area contributed by atoms with Gasteiger partial charge in [0.25, 0.3) is 0 Å². The zero-order valence-corrected chi connectivity index (χ0v) is 7.43. The van der Waals surface area contributed by atoms with Gasteiger partial charge < -0.3 is 10.1 Å². The first-order valence-corrected chi connectivity index (χ1v) is 4.22. The van der Waals surface area contributed by atoms with E-state index >= 15 is 0 Å². The Balaban J connectivity index is 2.40. The van der Waals surface area contributed by atoms with Crippen LogP contribution in [-0.4, -0.2) is 31.2 Å². The molecule has 0 radical (unpaired) electrons. The Morgan fingerprint density at radius 3 is 3.23 bits per heavy atom. The quantitative estimate of drug-likeness (QED) is 0.301. The summed E-state index contributed by atoms with van der Waals surface area (Å²) in [6.45, 7) is 2.69. The van der Waals surface area contributed by atoms with Crippen molar-refractivity contribution in [3.8, 4) is 0 Å². The van der Waals surface area contributed by atoms with Gasteiger partial charge in [0.15, 0.2) is 0 Å². The van der Waals surface area contributed by atoms with Crippen LogP contribution in [0.25, 0.3) is 10.4 Å². The lowest BCUT2D eigenvalue weighted by atomic mass is 10.2. The van der Waals surface area contributed by atoms with Crippen LogP contribution in [0.1, 0.15) is 13.3 Å². The Bertz CT molecular complexity index is 237. The van der Waals surface area contributed by atoms with Crippen LogP contribution >= 0.6 is 0 Å². The number of carbonyl (C=O) groups is 1. The molecular formula is C7H12N4O2. The maximum Gasteiger partial charge on any atom is 0.323 e. The summed E-state index contributed by atoms with van der Waals surface area (Å²) in [6, 6.07) is -0.435. The van der Waals surface area contributed by atoms with E-state index in [0.717, 1.165) is 0 Å². The average molecular weight is 184 g/mol. The predicted molar refractivity (Wildman–Crippen MR) is 46.0 cm³/mol. The lowest BCUT2D eigenvalue weighted by Crippen LogP contribution is -2.32. The summed E-state index contributed by atoms with van der Waals surface area (Å²) in [5.41, 5.74) is 8.17. The highest BCUT2D eigenvalue weighted by atomic mass is 16.5. The van der Waals surface area contributed by atoms with E-state index < -0.39 is 0 Å². The number of nitrogens with zero attached hydrogens (tertiary/aromatic N) is 3. The summed E-state index contributed by atoms with van der Waals surface area (Å²) < 4.78 is 4.82. The van der Waals surface area contributed by atoms with Crippen molar-refractivity contribution in [1.29, 1.82) is 0 Å². The second-order valence-electron chi connectivity index (χ2n) is 2.81.